The molecular weight excluding hydrogens is 300 g/mol. The van der Waals surface area contributed by atoms with Gasteiger partial charge in [0.1, 0.15) is 0 Å². The number of hydrogen-bond donors (Lipinski definition) is 2. The van der Waals surface area contributed by atoms with Crippen LogP contribution >= 0.6 is 11.8 Å². The van der Waals surface area contributed by atoms with E-state index in [1.54, 1.807) is 0 Å². The van der Waals surface area contributed by atoms with Gasteiger partial charge in [0.05, 0.1) is 16.5 Å². The lowest BCUT2D eigenvalue weighted by molar-refractivity contribution is -0.115. The molecule has 4 rings (SSSR count). The van der Waals surface area contributed by atoms with Crippen molar-refractivity contribution in [1.82, 2.24) is 10.1 Å². The highest BCUT2D eigenvalue weighted by Gasteiger charge is 2.39. The summed E-state index contributed by atoms with van der Waals surface area (Å²) in [6.45, 7) is 0. The lowest BCUT2D eigenvalue weighted by Crippen LogP contribution is -2.44. The van der Waals surface area contributed by atoms with E-state index in [1.165, 1.54) is 11.8 Å². The van der Waals surface area contributed by atoms with E-state index >= 15 is 0 Å². The molecule has 1 saturated carbocycles. The van der Waals surface area contributed by atoms with Crippen molar-refractivity contribution in [2.24, 2.45) is 5.73 Å². The van der Waals surface area contributed by atoms with Crippen LogP contribution in [-0.4, -0.2) is 21.3 Å². The van der Waals surface area contributed by atoms with Crippen LogP contribution in [0.5, 0.6) is 0 Å². The summed E-state index contributed by atoms with van der Waals surface area (Å²) < 4.78 is 5.29. The molecule has 7 heteroatoms. The lowest BCUT2D eigenvalue weighted by Gasteiger charge is -2.34. The Morgan fingerprint density at radius 3 is 3.00 bits per heavy atom. The standard InChI is InChI=1S/C15H16N4O2S/c16-15(6-3-7-15)14-18-12(21-19-14)8-11-13(20)17-9-4-1-2-5-10(9)22-11/h1-2,4-5,11H,3,6-8,16H2,(H,17,20). The minimum Gasteiger partial charge on any atom is -0.339 e. The molecule has 1 aromatic heterocycles. The third-order valence-corrected chi connectivity index (χ3v) is 5.50. The Balaban J connectivity index is 1.51. The SMILES string of the molecule is NC1(c2noc(CC3Sc4ccccc4NC3=O)n2)CCC1. The van der Waals surface area contributed by atoms with Crippen LogP contribution in [0.4, 0.5) is 5.69 Å². The Bertz CT molecular complexity index is 726. The van der Waals surface area contributed by atoms with E-state index in [9.17, 15) is 4.79 Å². The molecule has 1 aliphatic heterocycles. The fraction of sp³-hybridized carbons (Fsp3) is 0.400. The summed E-state index contributed by atoms with van der Waals surface area (Å²) in [5, 5.41) is 6.64. The van der Waals surface area contributed by atoms with Gasteiger partial charge in [-0.25, -0.2) is 0 Å². The molecule has 0 radical (unpaired) electrons. The second kappa shape index (κ2) is 5.10. The van der Waals surface area contributed by atoms with Gasteiger partial charge in [-0.2, -0.15) is 4.98 Å². The summed E-state index contributed by atoms with van der Waals surface area (Å²) in [7, 11) is 0. The van der Waals surface area contributed by atoms with Crippen molar-refractivity contribution in [3.05, 3.63) is 36.0 Å². The van der Waals surface area contributed by atoms with Crippen molar-refractivity contribution in [2.75, 3.05) is 5.32 Å². The number of para-hydroxylation sites is 1. The summed E-state index contributed by atoms with van der Waals surface area (Å²) in [6, 6.07) is 7.76. The average Bonchev–Trinajstić information content (AvgIpc) is 2.94. The Labute approximate surface area is 131 Å². The molecule has 0 saturated heterocycles. The fourth-order valence-corrected chi connectivity index (χ4v) is 3.81. The monoisotopic (exact) mass is 316 g/mol. The number of thioether (sulfide) groups is 1. The van der Waals surface area contributed by atoms with Crippen LogP contribution in [-0.2, 0) is 16.8 Å². The van der Waals surface area contributed by atoms with Crippen molar-refractivity contribution in [1.29, 1.82) is 0 Å². The molecule has 2 aromatic rings. The maximum Gasteiger partial charge on any atom is 0.238 e. The highest BCUT2D eigenvalue weighted by Crippen LogP contribution is 2.38. The highest BCUT2D eigenvalue weighted by molar-refractivity contribution is 8.01. The molecule has 22 heavy (non-hydrogen) atoms. The summed E-state index contributed by atoms with van der Waals surface area (Å²) in [5.74, 6) is 1.00. The topological polar surface area (TPSA) is 94.0 Å². The van der Waals surface area contributed by atoms with Crippen molar-refractivity contribution < 1.29 is 9.32 Å². The molecule has 1 aromatic carbocycles. The number of rotatable bonds is 3. The van der Waals surface area contributed by atoms with Gasteiger partial charge in [-0.05, 0) is 31.4 Å². The smallest absolute Gasteiger partial charge is 0.238 e. The summed E-state index contributed by atoms with van der Waals surface area (Å²) in [6.07, 6.45) is 3.28. The van der Waals surface area contributed by atoms with Gasteiger partial charge in [-0.1, -0.05) is 17.3 Å². The number of hydrogen-bond acceptors (Lipinski definition) is 6. The van der Waals surface area contributed by atoms with E-state index in [4.69, 9.17) is 10.3 Å². The number of aromatic nitrogens is 2. The largest absolute Gasteiger partial charge is 0.339 e. The second-order valence-electron chi connectivity index (χ2n) is 5.82. The number of carbonyl (C=O) groups is 1. The Kier molecular flexibility index (Phi) is 3.19. The maximum absolute atomic E-state index is 12.2. The quantitative estimate of drug-likeness (QED) is 0.900. The van der Waals surface area contributed by atoms with Gasteiger partial charge in [0.2, 0.25) is 11.8 Å². The minimum absolute atomic E-state index is 0.0328. The molecule has 6 nitrogen and oxygen atoms in total. The van der Waals surface area contributed by atoms with Crippen molar-refractivity contribution in [2.45, 2.75) is 41.4 Å². The number of nitrogens with zero attached hydrogens (tertiary/aromatic N) is 2. The molecule has 1 amide bonds. The Morgan fingerprint density at radius 2 is 2.23 bits per heavy atom. The normalized spacial score (nSPS) is 22.6. The van der Waals surface area contributed by atoms with Gasteiger partial charge in [0.15, 0.2) is 5.82 Å². The van der Waals surface area contributed by atoms with E-state index in [0.29, 0.717) is 18.1 Å². The second-order valence-corrected chi connectivity index (χ2v) is 7.06. The fourth-order valence-electron chi connectivity index (χ4n) is 2.71. The predicted octanol–water partition coefficient (Wildman–Crippen LogP) is 2.06. The third kappa shape index (κ3) is 2.30. The molecule has 1 atom stereocenters. The zero-order valence-electron chi connectivity index (χ0n) is 11.9. The Hall–Kier alpha value is -1.86. The first-order valence-corrected chi connectivity index (χ1v) is 8.20. The first kappa shape index (κ1) is 13.8. The number of nitrogens with two attached hydrogens (primary N) is 1. The molecule has 0 spiro atoms. The molecule has 0 bridgehead atoms. The molecular formula is C15H16N4O2S. The summed E-state index contributed by atoms with van der Waals surface area (Å²) in [4.78, 5) is 17.6. The van der Waals surface area contributed by atoms with Crippen LogP contribution in [0, 0.1) is 0 Å². The molecule has 2 heterocycles. The van der Waals surface area contributed by atoms with Gasteiger partial charge in [0, 0.05) is 11.3 Å². The predicted molar refractivity (Wildman–Crippen MR) is 82.4 cm³/mol. The Morgan fingerprint density at radius 1 is 1.41 bits per heavy atom. The van der Waals surface area contributed by atoms with Gasteiger partial charge in [-0.3, -0.25) is 4.79 Å². The summed E-state index contributed by atoms with van der Waals surface area (Å²) >= 11 is 1.53. The molecule has 1 unspecified atom stereocenters. The number of amides is 1. The van der Waals surface area contributed by atoms with Crippen molar-refractivity contribution >= 4 is 23.4 Å². The van der Waals surface area contributed by atoms with Gasteiger partial charge < -0.3 is 15.6 Å². The minimum atomic E-state index is -0.434. The molecule has 3 N–H and O–H groups in total. The third-order valence-electron chi connectivity index (χ3n) is 4.23. The van der Waals surface area contributed by atoms with Gasteiger partial charge >= 0.3 is 0 Å². The summed E-state index contributed by atoms with van der Waals surface area (Å²) in [5.41, 5.74) is 6.61. The number of benzene rings is 1. The van der Waals surface area contributed by atoms with Crippen LogP contribution in [0.1, 0.15) is 31.0 Å². The van der Waals surface area contributed by atoms with E-state index in [1.807, 2.05) is 24.3 Å². The number of carbonyl (C=O) groups excluding carboxylic acids is 1. The first-order valence-electron chi connectivity index (χ1n) is 7.33. The molecule has 114 valence electrons. The molecule has 1 aliphatic carbocycles. The van der Waals surface area contributed by atoms with Crippen LogP contribution in [0.25, 0.3) is 0 Å². The maximum atomic E-state index is 12.2. The molecule has 1 fully saturated rings. The zero-order valence-corrected chi connectivity index (χ0v) is 12.7. The first-order chi connectivity index (χ1) is 10.6. The van der Waals surface area contributed by atoms with Crippen molar-refractivity contribution in [3.8, 4) is 0 Å². The van der Waals surface area contributed by atoms with Crippen LogP contribution in [0.3, 0.4) is 0 Å². The van der Waals surface area contributed by atoms with Crippen LogP contribution in [0.2, 0.25) is 0 Å². The molecule has 2 aliphatic rings. The zero-order chi connectivity index (χ0) is 15.2. The number of anilines is 1. The van der Waals surface area contributed by atoms with Gasteiger partial charge in [-0.15, -0.1) is 11.8 Å². The highest BCUT2D eigenvalue weighted by atomic mass is 32.2. The van der Waals surface area contributed by atoms with E-state index in [0.717, 1.165) is 29.8 Å². The van der Waals surface area contributed by atoms with E-state index in [-0.39, 0.29) is 11.2 Å². The van der Waals surface area contributed by atoms with E-state index in [2.05, 4.69) is 15.5 Å². The number of fused-ring (bicyclic) bond motifs is 1. The number of nitrogens with one attached hydrogen (secondary N) is 1. The van der Waals surface area contributed by atoms with E-state index < -0.39 is 5.54 Å². The van der Waals surface area contributed by atoms with Gasteiger partial charge in [0.25, 0.3) is 0 Å². The average molecular weight is 316 g/mol. The lowest BCUT2D eigenvalue weighted by atomic mass is 9.77. The van der Waals surface area contributed by atoms with Crippen molar-refractivity contribution in [3.63, 3.8) is 0 Å². The van der Waals surface area contributed by atoms with Crippen LogP contribution in [0.15, 0.2) is 33.7 Å². The van der Waals surface area contributed by atoms with Crippen LogP contribution < -0.4 is 11.1 Å².